The molecule has 30 heavy (non-hydrogen) atoms. The maximum atomic E-state index is 4.98. The number of aromatic nitrogens is 7. The maximum absolute atomic E-state index is 4.98. The molecule has 0 unspecified atom stereocenters. The molecule has 0 saturated carbocycles. The van der Waals surface area contributed by atoms with Crippen molar-refractivity contribution in [2.45, 2.75) is 39.2 Å². The van der Waals surface area contributed by atoms with Crippen LogP contribution in [-0.4, -0.2) is 40.8 Å². The van der Waals surface area contributed by atoms with Crippen LogP contribution in [0.25, 0.3) is 22.5 Å². The van der Waals surface area contributed by atoms with Gasteiger partial charge in [0, 0.05) is 18.4 Å². The molecular formula is C22H23N7S. The Labute approximate surface area is 180 Å². The van der Waals surface area contributed by atoms with Crippen molar-refractivity contribution in [3.05, 3.63) is 65.7 Å². The predicted molar refractivity (Wildman–Crippen MR) is 120 cm³/mol. The van der Waals surface area contributed by atoms with Crippen molar-refractivity contribution in [3.63, 3.8) is 0 Å². The summed E-state index contributed by atoms with van der Waals surface area (Å²) >= 11 is 4.98. The quantitative estimate of drug-likeness (QED) is 0.414. The lowest BCUT2D eigenvalue weighted by Gasteiger charge is -2.09. The molecule has 0 bridgehead atoms. The van der Waals surface area contributed by atoms with Crippen LogP contribution in [0, 0.1) is 0 Å². The molecule has 7 nitrogen and oxygen atoms in total. The fourth-order valence-electron chi connectivity index (χ4n) is 3.40. The summed E-state index contributed by atoms with van der Waals surface area (Å²) in [6, 6.07) is 16.6. The number of nitrogens with one attached hydrogen (secondary N) is 1. The van der Waals surface area contributed by atoms with E-state index in [1.54, 1.807) is 5.37 Å². The Hall–Kier alpha value is -3.26. The van der Waals surface area contributed by atoms with Gasteiger partial charge in [0.1, 0.15) is 5.82 Å². The SMILES string of the molecule is CCCCc1nc(CC=S)nn1Cc1ccc(-c2ccccc2-c2nn[nH]n2)cc1. The summed E-state index contributed by atoms with van der Waals surface area (Å²) in [5.74, 6) is 2.40. The van der Waals surface area contributed by atoms with E-state index < -0.39 is 0 Å². The molecule has 0 amide bonds. The Balaban J connectivity index is 1.58. The molecular weight excluding hydrogens is 394 g/mol. The highest BCUT2D eigenvalue weighted by Gasteiger charge is 2.12. The standard InChI is InChI=1S/C22H23N7S/c1-2-3-8-21-23-20(13-14-30)26-29(21)15-16-9-11-17(12-10-16)18-6-4-5-7-19(18)22-24-27-28-25-22/h4-7,9-12,14H,2-3,8,13,15H2,1H3,(H,24,25,27,28). The highest BCUT2D eigenvalue weighted by Crippen LogP contribution is 2.29. The molecule has 0 spiro atoms. The first-order valence-corrected chi connectivity index (χ1v) is 10.5. The van der Waals surface area contributed by atoms with E-state index in [1.807, 2.05) is 22.9 Å². The molecule has 152 valence electrons. The zero-order valence-electron chi connectivity index (χ0n) is 16.8. The van der Waals surface area contributed by atoms with E-state index >= 15 is 0 Å². The molecule has 2 aromatic heterocycles. The van der Waals surface area contributed by atoms with Gasteiger partial charge in [0.05, 0.1) is 6.54 Å². The monoisotopic (exact) mass is 417 g/mol. The minimum atomic E-state index is 0.587. The molecule has 0 aliphatic rings. The van der Waals surface area contributed by atoms with Gasteiger partial charge >= 0.3 is 0 Å². The second kappa shape index (κ2) is 9.49. The van der Waals surface area contributed by atoms with E-state index in [-0.39, 0.29) is 0 Å². The van der Waals surface area contributed by atoms with Crippen LogP contribution in [0.5, 0.6) is 0 Å². The van der Waals surface area contributed by atoms with Crippen molar-refractivity contribution in [2.75, 3.05) is 0 Å². The van der Waals surface area contributed by atoms with Gasteiger partial charge in [0.25, 0.3) is 0 Å². The van der Waals surface area contributed by atoms with Crippen LogP contribution in [0.1, 0.15) is 37.0 Å². The van der Waals surface area contributed by atoms with Crippen LogP contribution in [0.3, 0.4) is 0 Å². The van der Waals surface area contributed by atoms with Gasteiger partial charge in [-0.05, 0) is 33.7 Å². The average molecular weight is 418 g/mol. The molecule has 4 rings (SSSR count). The summed E-state index contributed by atoms with van der Waals surface area (Å²) in [7, 11) is 0. The third-order valence-corrected chi connectivity index (χ3v) is 5.09. The normalized spacial score (nSPS) is 11.0. The lowest BCUT2D eigenvalue weighted by atomic mass is 9.98. The molecule has 4 aromatic rings. The molecule has 0 radical (unpaired) electrons. The van der Waals surface area contributed by atoms with Gasteiger partial charge in [-0.2, -0.15) is 10.3 Å². The lowest BCUT2D eigenvalue weighted by molar-refractivity contribution is 0.615. The van der Waals surface area contributed by atoms with Crippen molar-refractivity contribution in [1.82, 2.24) is 35.4 Å². The van der Waals surface area contributed by atoms with Crippen LogP contribution in [0.4, 0.5) is 0 Å². The number of hydrogen-bond acceptors (Lipinski definition) is 6. The summed E-state index contributed by atoms with van der Waals surface area (Å²) in [6.07, 6.45) is 3.77. The smallest absolute Gasteiger partial charge is 0.205 e. The first-order chi connectivity index (χ1) is 14.8. The van der Waals surface area contributed by atoms with E-state index in [9.17, 15) is 0 Å². The van der Waals surface area contributed by atoms with E-state index in [0.29, 0.717) is 18.8 Å². The average Bonchev–Trinajstić information content (AvgIpc) is 3.44. The van der Waals surface area contributed by atoms with Gasteiger partial charge < -0.3 is 0 Å². The molecule has 2 aromatic carbocycles. The largest absolute Gasteiger partial charge is 0.245 e. The van der Waals surface area contributed by atoms with Crippen LogP contribution in [-0.2, 0) is 19.4 Å². The van der Waals surface area contributed by atoms with Gasteiger partial charge in [0.15, 0.2) is 5.82 Å². The summed E-state index contributed by atoms with van der Waals surface area (Å²) < 4.78 is 2.01. The Bertz CT molecular complexity index is 1100. The number of aryl methyl sites for hydroxylation is 1. The molecule has 0 atom stereocenters. The maximum Gasteiger partial charge on any atom is 0.205 e. The van der Waals surface area contributed by atoms with Gasteiger partial charge in [-0.1, -0.05) is 74.1 Å². The van der Waals surface area contributed by atoms with Crippen molar-refractivity contribution in [3.8, 4) is 22.5 Å². The molecule has 0 saturated heterocycles. The van der Waals surface area contributed by atoms with Crippen LogP contribution >= 0.6 is 12.2 Å². The molecule has 1 N–H and O–H groups in total. The second-order valence-corrected chi connectivity index (χ2v) is 7.39. The minimum Gasteiger partial charge on any atom is -0.245 e. The molecule has 0 aliphatic carbocycles. The van der Waals surface area contributed by atoms with Crippen LogP contribution in [0.15, 0.2) is 48.5 Å². The summed E-state index contributed by atoms with van der Waals surface area (Å²) in [4.78, 5) is 4.67. The Morgan fingerprint density at radius 3 is 2.57 bits per heavy atom. The topological polar surface area (TPSA) is 85.2 Å². The number of benzene rings is 2. The zero-order chi connectivity index (χ0) is 20.8. The van der Waals surface area contributed by atoms with Gasteiger partial charge in [-0.25, -0.2) is 9.67 Å². The molecule has 0 aliphatic heterocycles. The van der Waals surface area contributed by atoms with Gasteiger partial charge in [-0.15, -0.1) is 10.2 Å². The summed E-state index contributed by atoms with van der Waals surface area (Å²) in [5, 5.41) is 20.8. The molecule has 0 fully saturated rings. The van der Waals surface area contributed by atoms with Crippen molar-refractivity contribution in [2.24, 2.45) is 0 Å². The number of unbranched alkanes of at least 4 members (excludes halogenated alkanes) is 1. The van der Waals surface area contributed by atoms with E-state index in [1.165, 1.54) is 5.56 Å². The van der Waals surface area contributed by atoms with Gasteiger partial charge in [0.2, 0.25) is 5.82 Å². The fraction of sp³-hybridized carbons (Fsp3) is 0.273. The Kier molecular flexibility index (Phi) is 6.34. The van der Waals surface area contributed by atoms with E-state index in [2.05, 4.69) is 68.0 Å². The van der Waals surface area contributed by atoms with Gasteiger partial charge in [-0.3, -0.25) is 0 Å². The predicted octanol–water partition coefficient (Wildman–Crippen LogP) is 4.06. The number of thiocarbonyl (C=S) groups is 1. The number of H-pyrrole nitrogens is 1. The third-order valence-electron chi connectivity index (χ3n) is 4.92. The first-order valence-electron chi connectivity index (χ1n) is 10.1. The number of rotatable bonds is 9. The number of nitrogens with zero attached hydrogens (tertiary/aromatic N) is 6. The van der Waals surface area contributed by atoms with Crippen molar-refractivity contribution >= 4 is 17.6 Å². The fourth-order valence-corrected chi connectivity index (χ4v) is 3.55. The highest BCUT2D eigenvalue weighted by molar-refractivity contribution is 7.78. The number of hydrogen-bond donors (Lipinski definition) is 1. The molecule has 2 heterocycles. The van der Waals surface area contributed by atoms with Crippen molar-refractivity contribution < 1.29 is 0 Å². The van der Waals surface area contributed by atoms with E-state index in [0.717, 1.165) is 47.6 Å². The minimum absolute atomic E-state index is 0.587. The second-order valence-electron chi connectivity index (χ2n) is 7.05. The lowest BCUT2D eigenvalue weighted by Crippen LogP contribution is -2.07. The van der Waals surface area contributed by atoms with Crippen LogP contribution in [0.2, 0.25) is 0 Å². The summed E-state index contributed by atoms with van der Waals surface area (Å²) in [6.45, 7) is 2.88. The summed E-state index contributed by atoms with van der Waals surface area (Å²) in [5.41, 5.74) is 4.29. The molecule has 8 heteroatoms. The van der Waals surface area contributed by atoms with Crippen molar-refractivity contribution in [1.29, 1.82) is 0 Å². The zero-order valence-corrected chi connectivity index (χ0v) is 17.6. The number of tetrazole rings is 1. The first kappa shape index (κ1) is 20.0. The third kappa shape index (κ3) is 4.49. The van der Waals surface area contributed by atoms with Crippen LogP contribution < -0.4 is 0 Å². The van der Waals surface area contributed by atoms with E-state index in [4.69, 9.17) is 12.2 Å². The highest BCUT2D eigenvalue weighted by atomic mass is 32.1. The Morgan fingerprint density at radius 1 is 1.07 bits per heavy atom. The number of aromatic amines is 1. The Morgan fingerprint density at radius 2 is 1.87 bits per heavy atom.